The Morgan fingerprint density at radius 1 is 0.810 bits per heavy atom. The molecule has 0 bridgehead atoms. The van der Waals surface area contributed by atoms with E-state index in [-0.39, 0.29) is 19.2 Å². The zero-order valence-electron chi connectivity index (χ0n) is 13.3. The van der Waals surface area contributed by atoms with E-state index in [1.54, 1.807) is 20.8 Å². The lowest BCUT2D eigenvalue weighted by atomic mass is 10.2. The van der Waals surface area contributed by atoms with Gasteiger partial charge in [0.05, 0.1) is 33.0 Å². The van der Waals surface area contributed by atoms with Crippen LogP contribution in [0.5, 0.6) is 0 Å². The summed E-state index contributed by atoms with van der Waals surface area (Å²) in [5, 5.41) is 0. The first-order valence-corrected chi connectivity index (χ1v) is 6.89. The van der Waals surface area contributed by atoms with E-state index in [1.165, 1.54) is 6.92 Å². The highest BCUT2D eigenvalue weighted by molar-refractivity contribution is 5.71. The molecule has 0 heterocycles. The Bertz CT molecular complexity index is 296. The van der Waals surface area contributed by atoms with Gasteiger partial charge in [0.15, 0.2) is 0 Å². The number of hydrogen-bond donors (Lipinski definition) is 0. The smallest absolute Gasteiger partial charge is 0.332 e. The Balaban J connectivity index is 3.22. The maximum atomic E-state index is 11.3. The zero-order chi connectivity index (χ0) is 16.1. The van der Waals surface area contributed by atoms with Gasteiger partial charge in [0.2, 0.25) is 0 Å². The quantitative estimate of drug-likeness (QED) is 0.415. The van der Waals surface area contributed by atoms with Gasteiger partial charge < -0.3 is 23.7 Å². The molecule has 0 spiro atoms. The fourth-order valence-corrected chi connectivity index (χ4v) is 1.21. The van der Waals surface area contributed by atoms with Gasteiger partial charge in [-0.3, -0.25) is 4.79 Å². The molecule has 0 aromatic rings. The van der Waals surface area contributed by atoms with Gasteiger partial charge in [0, 0.05) is 6.92 Å². The lowest BCUT2D eigenvalue weighted by molar-refractivity contribution is -0.160. The minimum Gasteiger partial charge on any atom is -0.463 e. The van der Waals surface area contributed by atoms with Crippen LogP contribution < -0.4 is 0 Å². The Morgan fingerprint density at radius 2 is 1.29 bits per heavy atom. The molecule has 0 unspecified atom stereocenters. The summed E-state index contributed by atoms with van der Waals surface area (Å²) in [4.78, 5) is 21.8. The summed E-state index contributed by atoms with van der Waals surface area (Å²) in [5.41, 5.74) is -0.500. The van der Waals surface area contributed by atoms with Crippen LogP contribution in [0.2, 0.25) is 0 Å². The molecule has 124 valence electrons. The van der Waals surface area contributed by atoms with Gasteiger partial charge in [-0.25, -0.2) is 4.79 Å². The molecule has 0 aliphatic heterocycles. The lowest BCUT2D eigenvalue weighted by Gasteiger charge is -2.19. The predicted molar refractivity (Wildman–Crippen MR) is 74.9 cm³/mol. The highest BCUT2D eigenvalue weighted by Gasteiger charge is 2.15. The number of ether oxygens (including phenoxy) is 5. The van der Waals surface area contributed by atoms with Crippen LogP contribution in [0.1, 0.15) is 27.7 Å². The van der Waals surface area contributed by atoms with Crippen molar-refractivity contribution >= 4 is 11.9 Å². The van der Waals surface area contributed by atoms with Gasteiger partial charge in [0.1, 0.15) is 18.8 Å². The van der Waals surface area contributed by atoms with Crippen LogP contribution in [0.3, 0.4) is 0 Å². The van der Waals surface area contributed by atoms with E-state index >= 15 is 0 Å². The number of carbonyl (C=O) groups excluding carboxylic acids is 2. The minimum atomic E-state index is -0.500. The fourth-order valence-electron chi connectivity index (χ4n) is 1.21. The van der Waals surface area contributed by atoms with Crippen LogP contribution in [0.15, 0.2) is 0 Å². The van der Waals surface area contributed by atoms with Crippen molar-refractivity contribution in [2.24, 2.45) is 0 Å². The number of hydrogen-bond acceptors (Lipinski definition) is 7. The van der Waals surface area contributed by atoms with E-state index in [0.717, 1.165) is 0 Å². The normalized spacial score (nSPS) is 11.2. The second kappa shape index (κ2) is 11.5. The summed E-state index contributed by atoms with van der Waals surface area (Å²) in [5.74, 6) is -0.715. The van der Waals surface area contributed by atoms with Crippen LogP contribution in [0.4, 0.5) is 0 Å². The maximum absolute atomic E-state index is 11.3. The summed E-state index contributed by atoms with van der Waals surface area (Å²) in [6.45, 7) is 8.76. The van der Waals surface area contributed by atoms with Crippen LogP contribution in [0.25, 0.3) is 0 Å². The molecular weight excluding hydrogens is 280 g/mol. The summed E-state index contributed by atoms with van der Waals surface area (Å²) in [7, 11) is 0. The van der Waals surface area contributed by atoms with Crippen molar-refractivity contribution < 1.29 is 33.3 Å². The molecule has 21 heavy (non-hydrogen) atoms. The Labute approximate surface area is 125 Å². The van der Waals surface area contributed by atoms with E-state index in [2.05, 4.69) is 4.74 Å². The van der Waals surface area contributed by atoms with Crippen molar-refractivity contribution in [3.63, 3.8) is 0 Å². The molecule has 0 aromatic heterocycles. The van der Waals surface area contributed by atoms with Gasteiger partial charge in [-0.2, -0.15) is 0 Å². The van der Waals surface area contributed by atoms with Crippen LogP contribution in [0, 0.1) is 0 Å². The summed E-state index contributed by atoms with van der Waals surface area (Å²) < 4.78 is 25.3. The van der Waals surface area contributed by atoms with E-state index in [4.69, 9.17) is 18.9 Å². The molecule has 0 aliphatic carbocycles. The van der Waals surface area contributed by atoms with E-state index in [0.29, 0.717) is 33.0 Å². The fraction of sp³-hybridized carbons (Fsp3) is 0.857. The Kier molecular flexibility index (Phi) is 10.8. The summed E-state index contributed by atoms with van der Waals surface area (Å²) >= 11 is 0. The number of rotatable bonds is 11. The first-order chi connectivity index (χ1) is 9.81. The van der Waals surface area contributed by atoms with Crippen LogP contribution in [-0.4, -0.2) is 63.8 Å². The second-order valence-corrected chi connectivity index (χ2v) is 5.20. The van der Waals surface area contributed by atoms with E-state index in [9.17, 15) is 9.59 Å². The average molecular weight is 306 g/mol. The molecule has 0 radical (unpaired) electrons. The van der Waals surface area contributed by atoms with Crippen molar-refractivity contribution in [2.45, 2.75) is 33.3 Å². The van der Waals surface area contributed by atoms with Gasteiger partial charge in [-0.1, -0.05) is 0 Å². The topological polar surface area (TPSA) is 80.3 Å². The standard InChI is InChI=1S/C14H26O7/c1-12(15)20-10-9-18-6-5-17-7-8-19-11-13(16)21-14(2,3)4/h5-11H2,1-4H3. The van der Waals surface area contributed by atoms with Gasteiger partial charge >= 0.3 is 11.9 Å². The molecule has 0 rings (SSSR count). The third kappa shape index (κ3) is 16.8. The lowest BCUT2D eigenvalue weighted by Crippen LogP contribution is -2.27. The maximum Gasteiger partial charge on any atom is 0.332 e. The molecule has 0 aliphatic rings. The van der Waals surface area contributed by atoms with E-state index in [1.807, 2.05) is 0 Å². The molecule has 0 atom stereocenters. The number of esters is 2. The van der Waals surface area contributed by atoms with Crippen molar-refractivity contribution in [2.75, 3.05) is 46.2 Å². The molecule has 0 amide bonds. The second-order valence-electron chi connectivity index (χ2n) is 5.20. The molecular formula is C14H26O7. The van der Waals surface area contributed by atoms with Gasteiger partial charge in [0.25, 0.3) is 0 Å². The molecule has 0 fully saturated rings. The largest absolute Gasteiger partial charge is 0.463 e. The third-order valence-corrected chi connectivity index (χ3v) is 1.92. The SMILES string of the molecule is CC(=O)OCCOCCOCCOCC(=O)OC(C)(C)C. The minimum absolute atomic E-state index is 0.0838. The van der Waals surface area contributed by atoms with Crippen LogP contribution >= 0.6 is 0 Å². The van der Waals surface area contributed by atoms with Crippen LogP contribution in [-0.2, 0) is 33.3 Å². The first-order valence-electron chi connectivity index (χ1n) is 6.89. The molecule has 0 aromatic carbocycles. The van der Waals surface area contributed by atoms with Crippen molar-refractivity contribution in [1.29, 1.82) is 0 Å². The highest BCUT2D eigenvalue weighted by atomic mass is 16.6. The Hall–Kier alpha value is -1.18. The molecule has 0 saturated carbocycles. The predicted octanol–water partition coefficient (Wildman–Crippen LogP) is 0.941. The average Bonchev–Trinajstić information content (AvgIpc) is 2.33. The van der Waals surface area contributed by atoms with Gasteiger partial charge in [-0.15, -0.1) is 0 Å². The molecule has 7 nitrogen and oxygen atoms in total. The molecule has 0 N–H and O–H groups in total. The Morgan fingerprint density at radius 3 is 1.76 bits per heavy atom. The highest BCUT2D eigenvalue weighted by Crippen LogP contribution is 2.06. The summed E-state index contributed by atoms with van der Waals surface area (Å²) in [6, 6.07) is 0. The monoisotopic (exact) mass is 306 g/mol. The molecule has 0 saturated heterocycles. The molecule has 7 heteroatoms. The summed E-state index contributed by atoms with van der Waals surface area (Å²) in [6.07, 6.45) is 0. The zero-order valence-corrected chi connectivity index (χ0v) is 13.3. The van der Waals surface area contributed by atoms with Crippen molar-refractivity contribution in [1.82, 2.24) is 0 Å². The van der Waals surface area contributed by atoms with Gasteiger partial charge in [-0.05, 0) is 20.8 Å². The number of carbonyl (C=O) groups is 2. The first kappa shape index (κ1) is 19.8. The van der Waals surface area contributed by atoms with E-state index < -0.39 is 11.6 Å². The van der Waals surface area contributed by atoms with Crippen molar-refractivity contribution in [3.05, 3.63) is 0 Å². The third-order valence-electron chi connectivity index (χ3n) is 1.92. The van der Waals surface area contributed by atoms with Crippen molar-refractivity contribution in [3.8, 4) is 0 Å².